The molecule has 1 aliphatic rings. The first-order chi connectivity index (χ1) is 10.9. The summed E-state index contributed by atoms with van der Waals surface area (Å²) in [7, 11) is 0. The van der Waals surface area contributed by atoms with Gasteiger partial charge in [-0.3, -0.25) is 14.5 Å². The van der Waals surface area contributed by atoms with Crippen molar-refractivity contribution in [3.8, 4) is 0 Å². The highest BCUT2D eigenvalue weighted by Crippen LogP contribution is 2.26. The third kappa shape index (κ3) is 6.71. The number of likely N-dealkylation sites (tertiary alicyclic amines) is 1. The summed E-state index contributed by atoms with van der Waals surface area (Å²) in [4.78, 5) is 24.6. The highest BCUT2D eigenvalue weighted by molar-refractivity contribution is 5.74. The van der Waals surface area contributed by atoms with Gasteiger partial charge in [-0.15, -0.1) is 0 Å². The maximum absolute atomic E-state index is 11.5. The van der Waals surface area contributed by atoms with Crippen molar-refractivity contribution in [2.24, 2.45) is 5.92 Å². The van der Waals surface area contributed by atoms with Crippen LogP contribution in [0.3, 0.4) is 0 Å². The summed E-state index contributed by atoms with van der Waals surface area (Å²) in [5.74, 6) is -0.635. The van der Waals surface area contributed by atoms with Gasteiger partial charge in [-0.25, -0.2) is 0 Å². The molecular weight excluding hydrogens is 296 g/mol. The molecule has 2 unspecified atom stereocenters. The molecule has 1 fully saturated rings. The van der Waals surface area contributed by atoms with Crippen molar-refractivity contribution in [1.82, 2.24) is 10.2 Å². The second kappa shape index (κ2) is 9.67. The van der Waals surface area contributed by atoms with Crippen LogP contribution < -0.4 is 5.32 Å². The highest BCUT2D eigenvalue weighted by atomic mass is 16.5. The van der Waals surface area contributed by atoms with Gasteiger partial charge in [0.2, 0.25) is 5.91 Å². The fourth-order valence-corrected chi connectivity index (χ4v) is 3.20. The lowest BCUT2D eigenvalue weighted by Gasteiger charge is -2.29. The van der Waals surface area contributed by atoms with E-state index in [1.165, 1.54) is 6.92 Å². The summed E-state index contributed by atoms with van der Waals surface area (Å²) >= 11 is 0. The van der Waals surface area contributed by atoms with Gasteiger partial charge in [-0.2, -0.15) is 0 Å². The van der Waals surface area contributed by atoms with E-state index in [2.05, 4.69) is 18.3 Å². The van der Waals surface area contributed by atoms with E-state index in [0.29, 0.717) is 13.0 Å². The summed E-state index contributed by atoms with van der Waals surface area (Å²) in [6.07, 6.45) is 6.01. The van der Waals surface area contributed by atoms with E-state index in [1.807, 2.05) is 17.9 Å². The minimum Gasteiger partial charge on any atom is -0.480 e. The number of hydrogen-bond acceptors (Lipinski definition) is 4. The van der Waals surface area contributed by atoms with Crippen LogP contribution >= 0.6 is 0 Å². The molecular formula is C17H30N2O4. The molecule has 0 spiro atoms. The normalized spacial score (nSPS) is 24.7. The van der Waals surface area contributed by atoms with Crippen molar-refractivity contribution in [3.63, 3.8) is 0 Å². The molecule has 0 saturated carbocycles. The van der Waals surface area contributed by atoms with Crippen LogP contribution in [0.25, 0.3) is 0 Å². The Hall–Kier alpha value is -1.40. The Morgan fingerprint density at radius 1 is 1.48 bits per heavy atom. The second-order valence-corrected chi connectivity index (χ2v) is 6.22. The molecule has 1 rings (SSSR count). The van der Waals surface area contributed by atoms with Gasteiger partial charge in [0, 0.05) is 20.0 Å². The number of carbonyl (C=O) groups is 2. The number of carbonyl (C=O) groups excluding carboxylic acids is 1. The van der Waals surface area contributed by atoms with Crippen LogP contribution in [0.5, 0.6) is 0 Å². The Morgan fingerprint density at radius 2 is 2.17 bits per heavy atom. The lowest BCUT2D eigenvalue weighted by Crippen LogP contribution is -2.44. The standard InChI is InChI=1S/C17H30N2O4/c1-5-7-14-9-16(17(21)22)19(10-14)11-15(8-6-2)23-13(4)18-12(3)20/h5,7,13-16H,6,8-11H2,1-4H3,(H,18,20)(H,21,22)/t13?,14-,15?,16-/m1/s1. The van der Waals surface area contributed by atoms with Gasteiger partial charge in [0.15, 0.2) is 0 Å². The minimum atomic E-state index is -0.776. The topological polar surface area (TPSA) is 78.9 Å². The van der Waals surface area contributed by atoms with Crippen molar-refractivity contribution in [2.75, 3.05) is 13.1 Å². The van der Waals surface area contributed by atoms with E-state index in [9.17, 15) is 14.7 Å². The van der Waals surface area contributed by atoms with Crippen molar-refractivity contribution in [2.45, 2.75) is 65.3 Å². The number of nitrogens with zero attached hydrogens (tertiary/aromatic N) is 1. The number of ether oxygens (including phenoxy) is 1. The molecule has 1 saturated heterocycles. The van der Waals surface area contributed by atoms with Gasteiger partial charge >= 0.3 is 5.97 Å². The Labute approximate surface area is 138 Å². The zero-order chi connectivity index (χ0) is 17.4. The number of allylic oxidation sites excluding steroid dienone is 1. The largest absolute Gasteiger partial charge is 0.480 e. The van der Waals surface area contributed by atoms with Crippen LogP contribution in [0, 0.1) is 5.92 Å². The zero-order valence-electron chi connectivity index (χ0n) is 14.6. The van der Waals surface area contributed by atoms with E-state index in [1.54, 1.807) is 6.92 Å². The lowest BCUT2D eigenvalue weighted by atomic mass is 10.1. The number of amides is 1. The minimum absolute atomic E-state index is 0.0898. The summed E-state index contributed by atoms with van der Waals surface area (Å²) < 4.78 is 5.90. The number of nitrogens with one attached hydrogen (secondary N) is 1. The first kappa shape index (κ1) is 19.6. The molecule has 0 bridgehead atoms. The fraction of sp³-hybridized carbons (Fsp3) is 0.765. The number of aliphatic carboxylic acids is 1. The molecule has 0 radical (unpaired) electrons. The Kier molecular flexibility index (Phi) is 8.26. The summed E-state index contributed by atoms with van der Waals surface area (Å²) in [5.41, 5.74) is 0. The van der Waals surface area contributed by atoms with E-state index in [4.69, 9.17) is 4.74 Å². The fourth-order valence-electron chi connectivity index (χ4n) is 3.20. The average molecular weight is 326 g/mol. The predicted octanol–water partition coefficient (Wildman–Crippen LogP) is 2.00. The predicted molar refractivity (Wildman–Crippen MR) is 89.0 cm³/mol. The van der Waals surface area contributed by atoms with Gasteiger partial charge in [-0.1, -0.05) is 25.5 Å². The summed E-state index contributed by atoms with van der Waals surface area (Å²) in [5, 5.41) is 12.2. The summed E-state index contributed by atoms with van der Waals surface area (Å²) in [6, 6.07) is -0.463. The van der Waals surface area contributed by atoms with Crippen LogP contribution in [-0.2, 0) is 14.3 Å². The van der Waals surface area contributed by atoms with Gasteiger partial charge in [0.1, 0.15) is 12.3 Å². The Balaban J connectivity index is 2.68. The van der Waals surface area contributed by atoms with Crippen LogP contribution in [0.15, 0.2) is 12.2 Å². The van der Waals surface area contributed by atoms with Crippen LogP contribution in [-0.4, -0.2) is 53.3 Å². The molecule has 2 N–H and O–H groups in total. The first-order valence-corrected chi connectivity index (χ1v) is 8.39. The molecule has 1 aliphatic heterocycles. The Bertz CT molecular complexity index is 425. The monoisotopic (exact) mass is 326 g/mol. The molecule has 23 heavy (non-hydrogen) atoms. The Morgan fingerprint density at radius 3 is 2.70 bits per heavy atom. The third-order valence-electron chi connectivity index (χ3n) is 4.04. The molecule has 4 atom stereocenters. The van der Waals surface area contributed by atoms with Crippen LogP contribution in [0.4, 0.5) is 0 Å². The van der Waals surface area contributed by atoms with Crippen LogP contribution in [0.2, 0.25) is 0 Å². The van der Waals surface area contributed by atoms with Gasteiger partial charge in [0.05, 0.1) is 6.10 Å². The van der Waals surface area contributed by atoms with Crippen molar-refractivity contribution in [1.29, 1.82) is 0 Å². The van der Waals surface area contributed by atoms with Gasteiger partial charge in [-0.05, 0) is 32.6 Å². The zero-order valence-corrected chi connectivity index (χ0v) is 14.6. The van der Waals surface area contributed by atoms with Gasteiger partial charge in [0.25, 0.3) is 0 Å². The first-order valence-electron chi connectivity index (χ1n) is 8.39. The van der Waals surface area contributed by atoms with Gasteiger partial charge < -0.3 is 15.2 Å². The van der Waals surface area contributed by atoms with E-state index in [0.717, 1.165) is 19.4 Å². The molecule has 1 heterocycles. The molecule has 132 valence electrons. The highest BCUT2D eigenvalue weighted by Gasteiger charge is 2.36. The van der Waals surface area contributed by atoms with Crippen molar-refractivity contribution in [3.05, 3.63) is 12.2 Å². The van der Waals surface area contributed by atoms with E-state index >= 15 is 0 Å². The second-order valence-electron chi connectivity index (χ2n) is 6.22. The van der Waals surface area contributed by atoms with Crippen LogP contribution in [0.1, 0.15) is 47.0 Å². The number of carboxylic acid groups (broad SMARTS) is 1. The van der Waals surface area contributed by atoms with Crippen molar-refractivity contribution < 1.29 is 19.4 Å². The molecule has 0 aromatic rings. The molecule has 0 aromatic carbocycles. The maximum Gasteiger partial charge on any atom is 0.320 e. The lowest BCUT2D eigenvalue weighted by molar-refractivity contribution is -0.143. The molecule has 6 nitrogen and oxygen atoms in total. The summed E-state index contributed by atoms with van der Waals surface area (Å²) in [6.45, 7) is 8.59. The number of carboxylic acids is 1. The molecule has 0 aromatic heterocycles. The maximum atomic E-state index is 11.5. The average Bonchev–Trinajstić information content (AvgIpc) is 2.81. The molecule has 6 heteroatoms. The quantitative estimate of drug-likeness (QED) is 0.500. The number of hydrogen-bond donors (Lipinski definition) is 2. The van der Waals surface area contributed by atoms with E-state index in [-0.39, 0.29) is 24.2 Å². The smallest absolute Gasteiger partial charge is 0.320 e. The van der Waals surface area contributed by atoms with E-state index < -0.39 is 12.0 Å². The SMILES string of the molecule is CC=C[C@@H]1C[C@H](C(=O)O)N(CC(CCC)OC(C)NC(C)=O)C1. The third-order valence-corrected chi connectivity index (χ3v) is 4.04. The molecule has 1 amide bonds. The number of rotatable bonds is 9. The molecule has 0 aliphatic carbocycles. The van der Waals surface area contributed by atoms with Crippen molar-refractivity contribution >= 4 is 11.9 Å².